The first-order valence-corrected chi connectivity index (χ1v) is 2.14. The molecule has 0 aromatic carbocycles. The van der Waals surface area contributed by atoms with Gasteiger partial charge in [-0.3, -0.25) is 0 Å². The van der Waals surface area contributed by atoms with Crippen molar-refractivity contribution in [1.29, 1.82) is 0 Å². The Labute approximate surface area is 53.6 Å². The van der Waals surface area contributed by atoms with E-state index >= 15 is 0 Å². The van der Waals surface area contributed by atoms with E-state index in [0.29, 0.717) is 0 Å². The van der Waals surface area contributed by atoms with Gasteiger partial charge in [-0.05, 0) is 0 Å². The van der Waals surface area contributed by atoms with Crippen LogP contribution in [0.4, 0.5) is 0 Å². The van der Waals surface area contributed by atoms with Crippen LogP contribution in [0, 0.1) is 0 Å². The van der Waals surface area contributed by atoms with Crippen molar-refractivity contribution in [2.75, 3.05) is 0 Å². The Hall–Kier alpha value is -1.25. The van der Waals surface area contributed by atoms with Crippen LogP contribution in [0.5, 0.6) is 11.8 Å². The minimum Gasteiger partial charge on any atom is -0.493 e. The quantitative estimate of drug-likeness (QED) is 0.549. The first kappa shape index (κ1) is 7.75. The maximum Gasteiger partial charge on any atom is 0.214 e. The van der Waals surface area contributed by atoms with Crippen molar-refractivity contribution in [2.24, 2.45) is 0 Å². The number of aromatic nitrogens is 1. The Kier molecular flexibility index (Phi) is 2.51. The molecule has 0 amide bonds. The minimum atomic E-state index is -0.162. The highest BCUT2D eigenvalue weighted by Gasteiger charge is 1.87. The summed E-state index contributed by atoms with van der Waals surface area (Å²) in [6.45, 7) is 0. The maximum absolute atomic E-state index is 8.54. The smallest absolute Gasteiger partial charge is 0.214 e. The highest BCUT2D eigenvalue weighted by molar-refractivity contribution is 5.16. The zero-order valence-electron chi connectivity index (χ0n) is 4.07. The van der Waals surface area contributed by atoms with E-state index in [2.05, 4.69) is 4.98 Å². The summed E-state index contributed by atoms with van der Waals surface area (Å²) in [6, 6.07) is 4.29. The molecule has 0 atom stereocenters. The van der Waals surface area contributed by atoms with Crippen molar-refractivity contribution in [3.8, 4) is 11.8 Å². The molecule has 1 aromatic heterocycles. The zero-order valence-corrected chi connectivity index (χ0v) is 4.07. The van der Waals surface area contributed by atoms with Crippen molar-refractivity contribution in [1.82, 2.24) is 4.98 Å². The summed E-state index contributed by atoms with van der Waals surface area (Å²) in [5, 5.41) is 17.1. The third-order valence-corrected chi connectivity index (χ3v) is 0.720. The van der Waals surface area contributed by atoms with E-state index in [1.807, 2.05) is 0 Å². The molecular weight excluding hydrogens is 118 g/mol. The molecule has 0 aliphatic heterocycles. The predicted molar refractivity (Wildman–Crippen MR) is 34.3 cm³/mol. The van der Waals surface area contributed by atoms with Gasteiger partial charge in [-0.2, -0.15) is 4.98 Å². The molecule has 3 heteroatoms. The summed E-state index contributed by atoms with van der Waals surface area (Å²) in [5.41, 5.74) is 0. The summed E-state index contributed by atoms with van der Waals surface area (Å²) < 4.78 is 0. The van der Waals surface area contributed by atoms with Crippen LogP contribution < -0.4 is 0 Å². The lowest BCUT2D eigenvalue weighted by Crippen LogP contribution is -1.70. The standard InChI is InChI=1S/C5H5NO2.CH4/c7-4-2-1-3-5(8)6-4;/h1-3H,(H2,6,7,8);1H4. The molecule has 0 aliphatic rings. The van der Waals surface area contributed by atoms with Crippen LogP contribution >= 0.6 is 0 Å². The predicted octanol–water partition coefficient (Wildman–Crippen LogP) is 1.13. The first-order valence-electron chi connectivity index (χ1n) is 2.14. The number of rotatable bonds is 0. The van der Waals surface area contributed by atoms with E-state index < -0.39 is 0 Å². The summed E-state index contributed by atoms with van der Waals surface area (Å²) in [7, 11) is 0. The zero-order chi connectivity index (χ0) is 5.98. The van der Waals surface area contributed by atoms with Gasteiger partial charge in [-0.25, -0.2) is 0 Å². The van der Waals surface area contributed by atoms with Gasteiger partial charge in [0.15, 0.2) is 0 Å². The second kappa shape index (κ2) is 2.91. The van der Waals surface area contributed by atoms with E-state index in [1.165, 1.54) is 18.2 Å². The van der Waals surface area contributed by atoms with E-state index in [1.54, 1.807) is 0 Å². The molecule has 0 bridgehead atoms. The lowest BCUT2D eigenvalue weighted by molar-refractivity contribution is 0.413. The molecule has 2 N–H and O–H groups in total. The molecule has 0 saturated heterocycles. The molecule has 0 radical (unpaired) electrons. The largest absolute Gasteiger partial charge is 0.493 e. The van der Waals surface area contributed by atoms with Crippen LogP contribution in [0.3, 0.4) is 0 Å². The molecule has 0 aliphatic carbocycles. The van der Waals surface area contributed by atoms with Gasteiger partial charge < -0.3 is 10.2 Å². The number of hydrogen-bond donors (Lipinski definition) is 2. The van der Waals surface area contributed by atoms with Gasteiger partial charge in [0.2, 0.25) is 11.8 Å². The van der Waals surface area contributed by atoms with Gasteiger partial charge >= 0.3 is 0 Å². The molecular formula is C6H9NO2. The van der Waals surface area contributed by atoms with E-state index in [0.717, 1.165) is 0 Å². The highest BCUT2D eigenvalue weighted by atomic mass is 16.3. The fraction of sp³-hybridized carbons (Fsp3) is 0.167. The van der Waals surface area contributed by atoms with Crippen molar-refractivity contribution in [3.63, 3.8) is 0 Å². The molecule has 1 rings (SSSR count). The SMILES string of the molecule is C.Oc1cccc(O)n1. The van der Waals surface area contributed by atoms with Crippen LogP contribution in [0.25, 0.3) is 0 Å². The third-order valence-electron chi connectivity index (χ3n) is 0.720. The molecule has 50 valence electrons. The Bertz CT molecular complexity index is 171. The molecule has 0 spiro atoms. The van der Waals surface area contributed by atoms with E-state index in [-0.39, 0.29) is 19.2 Å². The highest BCUT2D eigenvalue weighted by Crippen LogP contribution is 2.08. The lowest BCUT2D eigenvalue weighted by Gasteiger charge is -1.87. The summed E-state index contributed by atoms with van der Waals surface area (Å²) in [4.78, 5) is 3.28. The van der Waals surface area contributed by atoms with Gasteiger partial charge in [0, 0.05) is 12.1 Å². The second-order valence-corrected chi connectivity index (χ2v) is 1.35. The molecule has 9 heavy (non-hydrogen) atoms. The summed E-state index contributed by atoms with van der Waals surface area (Å²) in [6.07, 6.45) is 0. The van der Waals surface area contributed by atoms with E-state index in [9.17, 15) is 0 Å². The Balaban J connectivity index is 0.000000640. The van der Waals surface area contributed by atoms with Gasteiger partial charge in [-0.1, -0.05) is 13.5 Å². The van der Waals surface area contributed by atoms with Crippen molar-refractivity contribution >= 4 is 0 Å². The van der Waals surface area contributed by atoms with Gasteiger partial charge in [0.1, 0.15) is 0 Å². The average molecular weight is 127 g/mol. The average Bonchev–Trinajstić information content (AvgIpc) is 1.64. The van der Waals surface area contributed by atoms with Crippen molar-refractivity contribution in [3.05, 3.63) is 18.2 Å². The summed E-state index contributed by atoms with van der Waals surface area (Å²) >= 11 is 0. The fourth-order valence-corrected chi connectivity index (χ4v) is 0.412. The molecule has 0 saturated carbocycles. The number of hydrogen-bond acceptors (Lipinski definition) is 3. The van der Waals surface area contributed by atoms with Crippen LogP contribution in [-0.2, 0) is 0 Å². The molecule has 1 heterocycles. The normalized spacial score (nSPS) is 8.00. The minimum absolute atomic E-state index is 0. The van der Waals surface area contributed by atoms with Gasteiger partial charge in [0.25, 0.3) is 0 Å². The Morgan fingerprint density at radius 2 is 1.56 bits per heavy atom. The molecule has 1 aromatic rings. The van der Waals surface area contributed by atoms with Crippen LogP contribution in [0.1, 0.15) is 7.43 Å². The Morgan fingerprint density at radius 3 is 1.78 bits per heavy atom. The van der Waals surface area contributed by atoms with Crippen molar-refractivity contribution in [2.45, 2.75) is 7.43 Å². The third kappa shape index (κ3) is 1.99. The van der Waals surface area contributed by atoms with Gasteiger partial charge in [0.05, 0.1) is 0 Å². The van der Waals surface area contributed by atoms with Crippen LogP contribution in [0.2, 0.25) is 0 Å². The maximum atomic E-state index is 8.54. The van der Waals surface area contributed by atoms with Gasteiger partial charge in [-0.15, -0.1) is 0 Å². The first-order chi connectivity index (χ1) is 3.79. The molecule has 3 nitrogen and oxygen atoms in total. The van der Waals surface area contributed by atoms with Crippen LogP contribution in [-0.4, -0.2) is 15.2 Å². The molecule has 0 unspecified atom stereocenters. The monoisotopic (exact) mass is 127 g/mol. The number of nitrogens with zero attached hydrogens (tertiary/aromatic N) is 1. The Morgan fingerprint density at radius 1 is 1.11 bits per heavy atom. The topological polar surface area (TPSA) is 53.4 Å². The number of pyridine rings is 1. The lowest BCUT2D eigenvalue weighted by atomic mass is 10.5. The van der Waals surface area contributed by atoms with Crippen molar-refractivity contribution < 1.29 is 10.2 Å². The second-order valence-electron chi connectivity index (χ2n) is 1.35. The summed E-state index contributed by atoms with van der Waals surface area (Å²) in [5.74, 6) is -0.324. The molecule has 0 fully saturated rings. The number of aromatic hydroxyl groups is 2. The fourth-order valence-electron chi connectivity index (χ4n) is 0.412. The van der Waals surface area contributed by atoms with E-state index in [4.69, 9.17) is 10.2 Å². The van der Waals surface area contributed by atoms with Crippen LogP contribution in [0.15, 0.2) is 18.2 Å².